The maximum atomic E-state index is 12.6. The van der Waals surface area contributed by atoms with Crippen LogP contribution in [0.25, 0.3) is 0 Å². The summed E-state index contributed by atoms with van der Waals surface area (Å²) >= 11 is 1.24. The average Bonchev–Trinajstić information content (AvgIpc) is 3.15. The molecule has 2 heterocycles. The first-order chi connectivity index (χ1) is 12.0. The molecule has 8 heteroatoms. The van der Waals surface area contributed by atoms with E-state index in [2.05, 4.69) is 11.6 Å². The van der Waals surface area contributed by atoms with E-state index < -0.39 is 5.97 Å². The molecule has 0 bridgehead atoms. The van der Waals surface area contributed by atoms with Crippen LogP contribution in [0.2, 0.25) is 0 Å². The fourth-order valence-electron chi connectivity index (χ4n) is 2.48. The molecule has 0 saturated carbocycles. The number of thioether (sulfide) groups is 1. The normalized spacial score (nSPS) is 18.8. The van der Waals surface area contributed by atoms with Crippen LogP contribution in [-0.4, -0.2) is 44.7 Å². The molecule has 0 radical (unpaired) electrons. The van der Waals surface area contributed by atoms with E-state index in [1.165, 1.54) is 22.7 Å². The molecular formula is C17H20N4O3S. The minimum atomic E-state index is -0.735. The third-order valence-corrected chi connectivity index (χ3v) is 5.14. The fourth-order valence-corrected chi connectivity index (χ4v) is 3.81. The van der Waals surface area contributed by atoms with Crippen molar-refractivity contribution in [3.8, 4) is 6.07 Å². The molecule has 0 N–H and O–H groups in total. The van der Waals surface area contributed by atoms with Crippen LogP contribution in [0.15, 0.2) is 35.7 Å². The van der Waals surface area contributed by atoms with Crippen molar-refractivity contribution in [2.45, 2.75) is 25.0 Å². The second-order valence-electron chi connectivity index (χ2n) is 5.36. The quantitative estimate of drug-likeness (QED) is 0.319. The van der Waals surface area contributed by atoms with E-state index in [4.69, 9.17) is 4.74 Å². The SMILES string of the molecule is C=CCOC(=O)/C(C#N)=C1\SC(CCc2nccn2C)C(=O)N1CC. The third kappa shape index (κ3) is 4.12. The summed E-state index contributed by atoms with van der Waals surface area (Å²) in [4.78, 5) is 30.4. The Morgan fingerprint density at radius 1 is 1.60 bits per heavy atom. The van der Waals surface area contributed by atoms with Crippen LogP contribution < -0.4 is 0 Å². The highest BCUT2D eigenvalue weighted by atomic mass is 32.2. The summed E-state index contributed by atoms with van der Waals surface area (Å²) in [6.45, 7) is 5.69. The van der Waals surface area contributed by atoms with Gasteiger partial charge in [-0.3, -0.25) is 4.79 Å². The summed E-state index contributed by atoms with van der Waals surface area (Å²) in [7, 11) is 1.90. The molecule has 1 aliphatic heterocycles. The monoisotopic (exact) mass is 360 g/mol. The first-order valence-electron chi connectivity index (χ1n) is 7.90. The van der Waals surface area contributed by atoms with Crippen LogP contribution in [0.4, 0.5) is 0 Å². The van der Waals surface area contributed by atoms with E-state index in [1.54, 1.807) is 6.20 Å². The van der Waals surface area contributed by atoms with Gasteiger partial charge in [-0.15, -0.1) is 0 Å². The molecule has 0 aromatic carbocycles. The van der Waals surface area contributed by atoms with Gasteiger partial charge in [-0.1, -0.05) is 24.4 Å². The minimum Gasteiger partial charge on any atom is -0.457 e. The van der Waals surface area contributed by atoms with Crippen molar-refractivity contribution in [3.63, 3.8) is 0 Å². The molecule has 1 aliphatic rings. The lowest BCUT2D eigenvalue weighted by atomic mass is 10.2. The number of carbonyl (C=O) groups excluding carboxylic acids is 2. The number of amides is 1. The Labute approximate surface area is 151 Å². The summed E-state index contributed by atoms with van der Waals surface area (Å²) in [5.74, 6) is 0.0571. The van der Waals surface area contributed by atoms with Gasteiger partial charge in [0, 0.05) is 32.4 Å². The maximum Gasteiger partial charge on any atom is 0.351 e. The first kappa shape index (κ1) is 18.8. The van der Waals surface area contributed by atoms with Gasteiger partial charge in [0.05, 0.1) is 5.25 Å². The van der Waals surface area contributed by atoms with Crippen molar-refractivity contribution >= 4 is 23.6 Å². The van der Waals surface area contributed by atoms with E-state index in [0.717, 1.165) is 5.82 Å². The number of carbonyl (C=O) groups is 2. The van der Waals surface area contributed by atoms with Gasteiger partial charge in [-0.25, -0.2) is 9.78 Å². The second kappa shape index (κ2) is 8.53. The van der Waals surface area contributed by atoms with E-state index in [0.29, 0.717) is 24.4 Å². The molecule has 1 aromatic heterocycles. The van der Waals surface area contributed by atoms with Crippen molar-refractivity contribution < 1.29 is 14.3 Å². The highest BCUT2D eigenvalue weighted by molar-refractivity contribution is 8.04. The van der Waals surface area contributed by atoms with Crippen LogP contribution >= 0.6 is 11.8 Å². The zero-order valence-electron chi connectivity index (χ0n) is 14.3. The number of ether oxygens (including phenoxy) is 1. The average molecular weight is 360 g/mol. The lowest BCUT2D eigenvalue weighted by Gasteiger charge is -2.15. The summed E-state index contributed by atoms with van der Waals surface area (Å²) in [6, 6.07) is 1.88. The maximum absolute atomic E-state index is 12.6. The number of nitrogens with zero attached hydrogens (tertiary/aromatic N) is 4. The van der Waals surface area contributed by atoms with Gasteiger partial charge >= 0.3 is 5.97 Å². The zero-order chi connectivity index (χ0) is 18.4. The number of nitriles is 1. The molecule has 132 valence electrons. The number of rotatable bonds is 7. The van der Waals surface area contributed by atoms with Gasteiger partial charge in [0.25, 0.3) is 0 Å². The Morgan fingerprint density at radius 3 is 2.92 bits per heavy atom. The first-order valence-corrected chi connectivity index (χ1v) is 8.78. The molecular weight excluding hydrogens is 340 g/mol. The Hall–Kier alpha value is -2.53. The molecule has 25 heavy (non-hydrogen) atoms. The van der Waals surface area contributed by atoms with Crippen molar-refractivity contribution in [2.75, 3.05) is 13.2 Å². The van der Waals surface area contributed by atoms with Crippen molar-refractivity contribution in [1.29, 1.82) is 5.26 Å². The second-order valence-corrected chi connectivity index (χ2v) is 6.55. The van der Waals surface area contributed by atoms with Gasteiger partial charge in [0.15, 0.2) is 5.57 Å². The molecule has 1 aromatic rings. The number of hydrogen-bond acceptors (Lipinski definition) is 6. The minimum absolute atomic E-state index is 0.0185. The van der Waals surface area contributed by atoms with Gasteiger partial charge in [0.2, 0.25) is 5.91 Å². The topological polar surface area (TPSA) is 88.2 Å². The number of hydrogen-bond donors (Lipinski definition) is 0. The number of esters is 1. The predicted molar refractivity (Wildman–Crippen MR) is 94.1 cm³/mol. The summed E-state index contributed by atoms with van der Waals surface area (Å²) < 4.78 is 6.86. The number of imidazole rings is 1. The molecule has 1 fully saturated rings. The molecule has 1 amide bonds. The largest absolute Gasteiger partial charge is 0.457 e. The number of aromatic nitrogens is 2. The van der Waals surface area contributed by atoms with Gasteiger partial charge in [-0.05, 0) is 13.3 Å². The van der Waals surface area contributed by atoms with Crippen molar-refractivity contribution in [2.24, 2.45) is 7.05 Å². The molecule has 1 atom stereocenters. The molecule has 7 nitrogen and oxygen atoms in total. The van der Waals surface area contributed by atoms with E-state index in [-0.39, 0.29) is 23.3 Å². The van der Waals surface area contributed by atoms with E-state index in [1.807, 2.05) is 30.8 Å². The Kier molecular flexibility index (Phi) is 6.42. The number of aryl methyl sites for hydroxylation is 2. The van der Waals surface area contributed by atoms with Crippen LogP contribution in [0.5, 0.6) is 0 Å². The fraction of sp³-hybridized carbons (Fsp3) is 0.412. The van der Waals surface area contributed by atoms with E-state index >= 15 is 0 Å². The summed E-state index contributed by atoms with van der Waals surface area (Å²) in [6.07, 6.45) is 6.21. The Morgan fingerprint density at radius 2 is 2.36 bits per heavy atom. The van der Waals surface area contributed by atoms with E-state index in [9.17, 15) is 14.9 Å². The van der Waals surface area contributed by atoms with Gasteiger partial charge in [-0.2, -0.15) is 5.26 Å². The highest BCUT2D eigenvalue weighted by Crippen LogP contribution is 2.39. The standard InChI is InChI=1S/C17H20N4O3S/c1-4-10-24-17(23)12(11-18)16-21(5-2)15(22)13(25-16)6-7-14-19-8-9-20(14)3/h4,8-9,13H,1,5-7,10H2,2-3H3/b16-12-. The molecule has 0 aliphatic carbocycles. The van der Waals surface area contributed by atoms with Crippen LogP contribution in [0.1, 0.15) is 19.2 Å². The molecule has 0 spiro atoms. The van der Waals surface area contributed by atoms with Crippen LogP contribution in [-0.2, 0) is 27.8 Å². The lowest BCUT2D eigenvalue weighted by Crippen LogP contribution is -2.29. The highest BCUT2D eigenvalue weighted by Gasteiger charge is 2.39. The summed E-state index contributed by atoms with van der Waals surface area (Å²) in [5, 5.41) is 9.38. The Balaban J connectivity index is 2.18. The van der Waals surface area contributed by atoms with Crippen molar-refractivity contribution in [1.82, 2.24) is 14.5 Å². The van der Waals surface area contributed by atoms with Gasteiger partial charge < -0.3 is 14.2 Å². The lowest BCUT2D eigenvalue weighted by molar-refractivity contribution is -0.137. The zero-order valence-corrected chi connectivity index (χ0v) is 15.1. The van der Waals surface area contributed by atoms with Crippen LogP contribution in [0, 0.1) is 11.3 Å². The third-order valence-electron chi connectivity index (χ3n) is 3.77. The Bertz CT molecular complexity index is 747. The predicted octanol–water partition coefficient (Wildman–Crippen LogP) is 1.78. The molecule has 2 rings (SSSR count). The summed E-state index contributed by atoms with van der Waals surface area (Å²) in [5.41, 5.74) is -0.137. The van der Waals surface area contributed by atoms with Crippen molar-refractivity contribution in [3.05, 3.63) is 41.5 Å². The molecule has 1 unspecified atom stereocenters. The van der Waals surface area contributed by atoms with Gasteiger partial charge in [0.1, 0.15) is 23.5 Å². The smallest absolute Gasteiger partial charge is 0.351 e. The van der Waals surface area contributed by atoms with Crippen LogP contribution in [0.3, 0.4) is 0 Å². The molecule has 1 saturated heterocycles.